The highest BCUT2D eigenvalue weighted by molar-refractivity contribution is 5.71. The van der Waals surface area contributed by atoms with Crippen molar-refractivity contribution in [3.8, 4) is 0 Å². The second-order valence-corrected chi connectivity index (χ2v) is 11.1. The minimum Gasteiger partial charge on any atom is -0.460 e. The van der Waals surface area contributed by atoms with Crippen LogP contribution in [0.3, 0.4) is 0 Å². The van der Waals surface area contributed by atoms with Gasteiger partial charge in [-0.2, -0.15) is 0 Å². The predicted molar refractivity (Wildman–Crippen MR) is 135 cm³/mol. The molecule has 188 valence electrons. The number of ether oxygens (including phenoxy) is 2. The van der Waals surface area contributed by atoms with Crippen LogP contribution in [0.1, 0.15) is 114 Å². The Kier molecular flexibility index (Phi) is 9.75. The van der Waals surface area contributed by atoms with Crippen molar-refractivity contribution in [2.75, 3.05) is 6.61 Å². The number of aromatic nitrogens is 1. The van der Waals surface area contributed by atoms with E-state index in [1.165, 1.54) is 24.0 Å². The zero-order valence-corrected chi connectivity index (χ0v) is 21.8. The highest BCUT2D eigenvalue weighted by Gasteiger charge is 2.32. The number of nitrogens with zero attached hydrogens (tertiary/aromatic N) is 1. The van der Waals surface area contributed by atoms with Crippen molar-refractivity contribution >= 4 is 5.97 Å². The molecular weight excluding hydrogens is 426 g/mol. The molecule has 5 heteroatoms. The van der Waals surface area contributed by atoms with Gasteiger partial charge in [0.15, 0.2) is 0 Å². The molecule has 0 saturated carbocycles. The van der Waals surface area contributed by atoms with Crippen LogP contribution < -0.4 is 0 Å². The van der Waals surface area contributed by atoms with Crippen molar-refractivity contribution in [1.29, 1.82) is 0 Å². The van der Waals surface area contributed by atoms with E-state index in [0.717, 1.165) is 43.6 Å². The Morgan fingerprint density at radius 1 is 1.18 bits per heavy atom. The zero-order chi connectivity index (χ0) is 24.6. The number of carbonyl (C=O) groups is 1. The van der Waals surface area contributed by atoms with Crippen LogP contribution in [0.15, 0.2) is 34.9 Å². The van der Waals surface area contributed by atoms with E-state index in [1.807, 2.05) is 39.0 Å². The molecule has 0 fully saturated rings. The van der Waals surface area contributed by atoms with E-state index in [9.17, 15) is 4.79 Å². The molecule has 0 radical (unpaired) electrons. The molecule has 34 heavy (non-hydrogen) atoms. The first-order valence-corrected chi connectivity index (χ1v) is 13.0. The molecule has 3 rings (SSSR count). The van der Waals surface area contributed by atoms with E-state index in [-0.39, 0.29) is 11.9 Å². The van der Waals surface area contributed by atoms with Gasteiger partial charge in [0.1, 0.15) is 11.4 Å². The van der Waals surface area contributed by atoms with Gasteiger partial charge in [-0.25, -0.2) is 0 Å². The third-order valence-corrected chi connectivity index (χ3v) is 6.46. The molecule has 1 unspecified atom stereocenters. The molecule has 1 aliphatic rings. The molecule has 0 bridgehead atoms. The smallest absolute Gasteiger partial charge is 0.306 e. The normalized spacial score (nSPS) is 16.9. The molecule has 0 saturated heterocycles. The van der Waals surface area contributed by atoms with E-state index >= 15 is 0 Å². The summed E-state index contributed by atoms with van der Waals surface area (Å²) in [5.41, 5.74) is 2.90. The summed E-state index contributed by atoms with van der Waals surface area (Å²) in [6.45, 7) is 11.5. The lowest BCUT2D eigenvalue weighted by molar-refractivity contribution is -0.155. The summed E-state index contributed by atoms with van der Waals surface area (Å²) < 4.78 is 17.5. The summed E-state index contributed by atoms with van der Waals surface area (Å²) in [4.78, 5) is 12.7. The number of hydrogen-bond donors (Lipinski definition) is 0. The summed E-state index contributed by atoms with van der Waals surface area (Å²) in [6, 6.07) is 10.2. The first kappa shape index (κ1) is 26.5. The molecule has 1 heterocycles. The Morgan fingerprint density at radius 3 is 2.65 bits per heavy atom. The first-order chi connectivity index (χ1) is 16.2. The quantitative estimate of drug-likeness (QED) is 0.240. The van der Waals surface area contributed by atoms with Crippen LogP contribution in [0.4, 0.5) is 0 Å². The Balaban J connectivity index is 1.66. The highest BCUT2D eigenvalue weighted by Crippen LogP contribution is 2.40. The molecule has 0 aliphatic heterocycles. The average Bonchev–Trinajstić information content (AvgIpc) is 3.21. The summed E-state index contributed by atoms with van der Waals surface area (Å²) in [6.07, 6.45) is 7.65. The largest absolute Gasteiger partial charge is 0.460 e. The van der Waals surface area contributed by atoms with Crippen LogP contribution in [-0.4, -0.2) is 23.3 Å². The lowest BCUT2D eigenvalue weighted by Gasteiger charge is -2.24. The molecule has 1 aromatic heterocycles. The van der Waals surface area contributed by atoms with Gasteiger partial charge in [-0.3, -0.25) is 4.79 Å². The fourth-order valence-corrected chi connectivity index (χ4v) is 4.81. The summed E-state index contributed by atoms with van der Waals surface area (Å²) in [5.74, 6) is 2.02. The monoisotopic (exact) mass is 469 g/mol. The van der Waals surface area contributed by atoms with Crippen molar-refractivity contribution in [3.05, 3.63) is 52.9 Å². The number of rotatable bonds is 12. The minimum absolute atomic E-state index is 0.00785. The minimum atomic E-state index is -0.494. The highest BCUT2D eigenvalue weighted by atomic mass is 16.6. The van der Waals surface area contributed by atoms with Crippen LogP contribution in [-0.2, 0) is 27.3 Å². The fraction of sp³-hybridized carbons (Fsp3) is 0.655. The van der Waals surface area contributed by atoms with Gasteiger partial charge in [0, 0.05) is 24.0 Å². The predicted octanol–water partition coefficient (Wildman–Crippen LogP) is 7.34. The van der Waals surface area contributed by atoms with Gasteiger partial charge in [0.05, 0.1) is 18.7 Å². The summed E-state index contributed by atoms with van der Waals surface area (Å²) >= 11 is 0. The van der Waals surface area contributed by atoms with Gasteiger partial charge in [-0.05, 0) is 70.8 Å². The van der Waals surface area contributed by atoms with Gasteiger partial charge in [0.25, 0.3) is 0 Å². The van der Waals surface area contributed by atoms with E-state index in [1.54, 1.807) is 0 Å². The average molecular weight is 470 g/mol. The second-order valence-electron chi connectivity index (χ2n) is 11.1. The van der Waals surface area contributed by atoms with Crippen molar-refractivity contribution in [3.63, 3.8) is 0 Å². The lowest BCUT2D eigenvalue weighted by atomic mass is 9.81. The molecule has 1 aliphatic carbocycles. The number of hydrogen-bond acceptors (Lipinski definition) is 5. The molecular formula is C29H43NO4. The maximum atomic E-state index is 12.7. The Labute approximate surface area is 205 Å². The molecule has 2 aromatic rings. The van der Waals surface area contributed by atoms with Gasteiger partial charge in [-0.1, -0.05) is 55.8 Å². The Morgan fingerprint density at radius 2 is 1.94 bits per heavy atom. The molecule has 5 nitrogen and oxygen atoms in total. The van der Waals surface area contributed by atoms with Crippen LogP contribution in [0.5, 0.6) is 0 Å². The van der Waals surface area contributed by atoms with Crippen molar-refractivity contribution < 1.29 is 18.8 Å². The molecule has 0 N–H and O–H groups in total. The third kappa shape index (κ3) is 8.26. The van der Waals surface area contributed by atoms with Crippen molar-refractivity contribution in [1.82, 2.24) is 5.16 Å². The van der Waals surface area contributed by atoms with Gasteiger partial charge in [0.2, 0.25) is 0 Å². The Bertz CT molecular complexity index is 881. The van der Waals surface area contributed by atoms with Crippen LogP contribution in [0.2, 0.25) is 0 Å². The summed E-state index contributed by atoms with van der Waals surface area (Å²) in [7, 11) is 0. The van der Waals surface area contributed by atoms with Crippen molar-refractivity contribution in [2.45, 2.75) is 110 Å². The SMILES string of the molecule is CC(C)CCC1CCCc2c([C@@H](CCCOCc3ccccc3)CC(=O)OC(C)(C)C)noc21. The second kappa shape index (κ2) is 12.5. The zero-order valence-electron chi connectivity index (χ0n) is 21.8. The van der Waals surface area contributed by atoms with E-state index < -0.39 is 5.60 Å². The van der Waals surface area contributed by atoms with Crippen molar-refractivity contribution in [2.24, 2.45) is 5.92 Å². The van der Waals surface area contributed by atoms with Gasteiger partial charge < -0.3 is 14.0 Å². The fourth-order valence-electron chi connectivity index (χ4n) is 4.81. The lowest BCUT2D eigenvalue weighted by Crippen LogP contribution is -2.25. The third-order valence-electron chi connectivity index (χ3n) is 6.46. The number of fused-ring (bicyclic) bond motifs is 1. The van der Waals surface area contributed by atoms with E-state index in [0.29, 0.717) is 31.5 Å². The Hall–Kier alpha value is -2.14. The molecule has 0 spiro atoms. The van der Waals surface area contributed by atoms with Crippen LogP contribution >= 0.6 is 0 Å². The van der Waals surface area contributed by atoms with Gasteiger partial charge >= 0.3 is 5.97 Å². The number of carbonyl (C=O) groups excluding carboxylic acids is 1. The van der Waals surface area contributed by atoms with E-state index in [4.69, 9.17) is 14.0 Å². The maximum absolute atomic E-state index is 12.7. The summed E-state index contributed by atoms with van der Waals surface area (Å²) in [5, 5.41) is 4.55. The van der Waals surface area contributed by atoms with Gasteiger partial charge in [-0.15, -0.1) is 0 Å². The van der Waals surface area contributed by atoms with Crippen LogP contribution in [0, 0.1) is 5.92 Å². The van der Waals surface area contributed by atoms with Crippen LogP contribution in [0.25, 0.3) is 0 Å². The standard InChI is InChI=1S/C29H43NO4/c1-21(2)16-17-23-13-9-15-25-27(30-34-28(23)25)24(19-26(31)33-29(3,4)5)14-10-18-32-20-22-11-7-6-8-12-22/h6-8,11-12,21,23-24H,9-10,13-20H2,1-5H3/t23?,24-/m0/s1. The van der Waals surface area contributed by atoms with E-state index in [2.05, 4.69) is 31.1 Å². The topological polar surface area (TPSA) is 61.6 Å². The maximum Gasteiger partial charge on any atom is 0.306 e. The molecule has 1 aromatic carbocycles. The number of esters is 1. The molecule has 0 amide bonds. The number of benzene rings is 1. The first-order valence-electron chi connectivity index (χ1n) is 13.0. The molecule has 2 atom stereocenters.